The van der Waals surface area contributed by atoms with E-state index in [4.69, 9.17) is 9.41 Å². The second-order valence-electron chi connectivity index (χ2n) is 7.09. The van der Waals surface area contributed by atoms with Gasteiger partial charge in [-0.05, 0) is 18.9 Å². The molecule has 1 atom stereocenters. The molecule has 2 aliphatic rings. The van der Waals surface area contributed by atoms with Gasteiger partial charge >= 0.3 is 0 Å². The summed E-state index contributed by atoms with van der Waals surface area (Å²) in [5.41, 5.74) is 4.24. The molecular formula is C24H20N4O2. The number of benzodiazepines with no additional fused rings is 1. The highest BCUT2D eigenvalue weighted by molar-refractivity contribution is 6.19. The number of anilines is 2. The number of allylic oxidation sites excluding steroid dienone is 4. The van der Waals surface area contributed by atoms with E-state index in [0.29, 0.717) is 5.76 Å². The first-order chi connectivity index (χ1) is 14.8. The van der Waals surface area contributed by atoms with Crippen molar-refractivity contribution in [2.75, 3.05) is 10.6 Å². The third-order valence-corrected chi connectivity index (χ3v) is 5.04. The number of hydrogen-bond acceptors (Lipinski definition) is 5. The van der Waals surface area contributed by atoms with Gasteiger partial charge in [-0.1, -0.05) is 66.8 Å². The summed E-state index contributed by atoms with van der Waals surface area (Å²) >= 11 is 0. The molecule has 0 saturated heterocycles. The lowest BCUT2D eigenvalue weighted by Gasteiger charge is -2.11. The fourth-order valence-electron chi connectivity index (χ4n) is 3.57. The minimum absolute atomic E-state index is 0.257. The molecular weight excluding hydrogens is 376 g/mol. The molecule has 0 spiro atoms. The van der Waals surface area contributed by atoms with E-state index >= 15 is 0 Å². The number of aliphatic imine (C=N–C) groups is 1. The number of fused-ring (bicyclic) bond motifs is 1. The highest BCUT2D eigenvalue weighted by Gasteiger charge is 2.26. The SMILES string of the molecule is O=C1Nc2ccccc2C(c2ccccc2)=NC1Nc1ncc(C2=CCCC=C2)o1. The Labute approximate surface area is 174 Å². The van der Waals surface area contributed by atoms with Gasteiger partial charge in [0.05, 0.1) is 17.6 Å². The zero-order valence-electron chi connectivity index (χ0n) is 16.2. The van der Waals surface area contributed by atoms with E-state index in [1.165, 1.54) is 0 Å². The molecule has 1 amide bonds. The Bertz CT molecular complexity index is 1170. The minimum atomic E-state index is -0.880. The van der Waals surface area contributed by atoms with Crippen LogP contribution in [-0.4, -0.2) is 22.8 Å². The van der Waals surface area contributed by atoms with E-state index < -0.39 is 6.17 Å². The maximum atomic E-state index is 12.9. The van der Waals surface area contributed by atoms with E-state index in [2.05, 4.69) is 27.8 Å². The standard InChI is InChI=1S/C24H20N4O2/c29-23-22(28-24-25-15-20(30-24)16-9-3-1-4-10-16)27-21(17-11-5-2-6-12-17)18-13-7-8-14-19(18)26-23/h2-3,5-15,22H,1,4H2,(H,25,28)(H,26,29). The van der Waals surface area contributed by atoms with Crippen LogP contribution in [0.15, 0.2) is 88.4 Å². The first-order valence-corrected chi connectivity index (χ1v) is 9.91. The number of oxazole rings is 1. The van der Waals surface area contributed by atoms with Crippen molar-refractivity contribution in [2.45, 2.75) is 19.0 Å². The summed E-state index contributed by atoms with van der Waals surface area (Å²) in [6.07, 6.45) is 9.03. The molecule has 148 valence electrons. The van der Waals surface area contributed by atoms with Gasteiger partial charge in [0.1, 0.15) is 0 Å². The summed E-state index contributed by atoms with van der Waals surface area (Å²) in [5, 5.41) is 5.99. The highest BCUT2D eigenvalue weighted by atomic mass is 16.4. The Hall–Kier alpha value is -3.93. The highest BCUT2D eigenvalue weighted by Crippen LogP contribution is 2.26. The van der Waals surface area contributed by atoms with E-state index in [0.717, 1.165) is 40.9 Å². The van der Waals surface area contributed by atoms with Crippen molar-refractivity contribution in [1.29, 1.82) is 0 Å². The Morgan fingerprint density at radius 1 is 1.03 bits per heavy atom. The molecule has 2 N–H and O–H groups in total. The average Bonchev–Trinajstić information content (AvgIpc) is 3.21. The summed E-state index contributed by atoms with van der Waals surface area (Å²) in [4.78, 5) is 21.9. The van der Waals surface area contributed by atoms with Crippen molar-refractivity contribution >= 4 is 28.9 Å². The van der Waals surface area contributed by atoms with Crippen LogP contribution >= 0.6 is 0 Å². The summed E-state index contributed by atoms with van der Waals surface area (Å²) in [5.74, 6) is 0.392. The van der Waals surface area contributed by atoms with Crippen LogP contribution in [0, 0.1) is 0 Å². The van der Waals surface area contributed by atoms with Crippen molar-refractivity contribution in [3.63, 3.8) is 0 Å². The Morgan fingerprint density at radius 2 is 1.87 bits per heavy atom. The van der Waals surface area contributed by atoms with Gasteiger partial charge < -0.3 is 15.1 Å². The summed E-state index contributed by atoms with van der Waals surface area (Å²) in [6.45, 7) is 0. The fraction of sp³-hybridized carbons (Fsp3) is 0.125. The topological polar surface area (TPSA) is 79.5 Å². The molecule has 0 saturated carbocycles. The van der Waals surface area contributed by atoms with Gasteiger partial charge in [0.15, 0.2) is 5.76 Å². The zero-order valence-corrected chi connectivity index (χ0v) is 16.2. The van der Waals surface area contributed by atoms with Crippen molar-refractivity contribution < 1.29 is 9.21 Å². The van der Waals surface area contributed by atoms with Crippen LogP contribution in [0.2, 0.25) is 0 Å². The van der Waals surface area contributed by atoms with Crippen LogP contribution < -0.4 is 10.6 Å². The molecule has 30 heavy (non-hydrogen) atoms. The number of carbonyl (C=O) groups excluding carboxylic acids is 1. The van der Waals surface area contributed by atoms with Crippen molar-refractivity contribution in [3.8, 4) is 0 Å². The van der Waals surface area contributed by atoms with Crippen LogP contribution in [0.25, 0.3) is 5.57 Å². The monoisotopic (exact) mass is 396 g/mol. The number of nitrogens with one attached hydrogen (secondary N) is 2. The van der Waals surface area contributed by atoms with Gasteiger partial charge in [0.25, 0.3) is 11.9 Å². The largest absolute Gasteiger partial charge is 0.424 e. The Morgan fingerprint density at radius 3 is 2.70 bits per heavy atom. The van der Waals surface area contributed by atoms with Crippen LogP contribution in [0.3, 0.4) is 0 Å². The number of aromatic nitrogens is 1. The first kappa shape index (κ1) is 18.1. The van der Waals surface area contributed by atoms with Crippen LogP contribution in [0.1, 0.15) is 29.7 Å². The zero-order chi connectivity index (χ0) is 20.3. The lowest BCUT2D eigenvalue weighted by molar-refractivity contribution is -0.116. The molecule has 1 aliphatic carbocycles. The lowest BCUT2D eigenvalue weighted by atomic mass is 10.0. The average molecular weight is 396 g/mol. The molecule has 3 aromatic rings. The van der Waals surface area contributed by atoms with Gasteiger partial charge in [-0.2, -0.15) is 0 Å². The van der Waals surface area contributed by atoms with E-state index in [1.807, 2.05) is 60.7 Å². The first-order valence-electron chi connectivity index (χ1n) is 9.91. The molecule has 1 aliphatic heterocycles. The smallest absolute Gasteiger partial charge is 0.297 e. The molecule has 6 heteroatoms. The van der Waals surface area contributed by atoms with Crippen molar-refractivity contribution in [3.05, 3.63) is 95.9 Å². The molecule has 5 rings (SSSR count). The maximum Gasteiger partial charge on any atom is 0.297 e. The van der Waals surface area contributed by atoms with E-state index in [9.17, 15) is 4.79 Å². The normalized spacial score (nSPS) is 18.0. The molecule has 0 fully saturated rings. The third kappa shape index (κ3) is 3.55. The number of hydrogen-bond donors (Lipinski definition) is 2. The molecule has 1 aromatic heterocycles. The van der Waals surface area contributed by atoms with E-state index in [1.54, 1.807) is 6.20 Å². The van der Waals surface area contributed by atoms with Crippen LogP contribution in [0.5, 0.6) is 0 Å². The van der Waals surface area contributed by atoms with Gasteiger partial charge in [0, 0.05) is 16.7 Å². The van der Waals surface area contributed by atoms with Crippen LogP contribution in [-0.2, 0) is 4.79 Å². The molecule has 6 nitrogen and oxygen atoms in total. The number of para-hydroxylation sites is 1. The second-order valence-corrected chi connectivity index (χ2v) is 7.09. The molecule has 2 heterocycles. The number of carbonyl (C=O) groups is 1. The number of rotatable bonds is 4. The number of benzene rings is 2. The Kier molecular flexibility index (Phi) is 4.73. The summed E-state index contributed by atoms with van der Waals surface area (Å²) < 4.78 is 5.84. The van der Waals surface area contributed by atoms with Gasteiger partial charge in [-0.15, -0.1) is 0 Å². The Balaban J connectivity index is 1.49. The maximum absolute atomic E-state index is 12.9. The lowest BCUT2D eigenvalue weighted by Crippen LogP contribution is -2.32. The van der Waals surface area contributed by atoms with Gasteiger partial charge in [-0.25, -0.2) is 9.98 Å². The van der Waals surface area contributed by atoms with Gasteiger partial charge in [0.2, 0.25) is 6.17 Å². The summed E-state index contributed by atoms with van der Waals surface area (Å²) in [6, 6.07) is 17.7. The quantitative estimate of drug-likeness (QED) is 0.674. The predicted octanol–water partition coefficient (Wildman–Crippen LogP) is 4.64. The molecule has 0 radical (unpaired) electrons. The van der Waals surface area contributed by atoms with Crippen LogP contribution in [0.4, 0.5) is 11.7 Å². The third-order valence-electron chi connectivity index (χ3n) is 5.04. The van der Waals surface area contributed by atoms with E-state index in [-0.39, 0.29) is 11.9 Å². The number of amides is 1. The fourth-order valence-corrected chi connectivity index (χ4v) is 3.57. The number of nitrogens with zero attached hydrogens (tertiary/aromatic N) is 2. The second kappa shape index (κ2) is 7.83. The van der Waals surface area contributed by atoms with Crippen molar-refractivity contribution in [1.82, 2.24) is 4.98 Å². The predicted molar refractivity (Wildman–Crippen MR) is 117 cm³/mol. The molecule has 1 unspecified atom stereocenters. The summed E-state index contributed by atoms with van der Waals surface area (Å²) in [7, 11) is 0. The minimum Gasteiger partial charge on any atom is -0.424 e. The van der Waals surface area contributed by atoms with Crippen molar-refractivity contribution in [2.24, 2.45) is 4.99 Å². The molecule has 0 bridgehead atoms. The van der Waals surface area contributed by atoms with Gasteiger partial charge in [-0.3, -0.25) is 4.79 Å². The molecule has 2 aromatic carbocycles.